The molecule has 1 saturated heterocycles. The summed E-state index contributed by atoms with van der Waals surface area (Å²) >= 11 is 0. The van der Waals surface area contributed by atoms with Crippen LogP contribution in [0.25, 0.3) is 0 Å². The van der Waals surface area contributed by atoms with Crippen molar-refractivity contribution in [1.82, 2.24) is 10.2 Å². The van der Waals surface area contributed by atoms with Crippen LogP contribution in [-0.2, 0) is 4.79 Å². The second-order valence-corrected chi connectivity index (χ2v) is 6.28. The zero-order chi connectivity index (χ0) is 11.8. The number of carbonyl (C=O) groups excluding carboxylic acids is 1. The molecule has 0 spiro atoms. The summed E-state index contributed by atoms with van der Waals surface area (Å²) < 4.78 is 0. The number of rotatable bonds is 3. The molecule has 1 N–H and O–H groups in total. The van der Waals surface area contributed by atoms with Crippen molar-refractivity contribution in [3.05, 3.63) is 0 Å². The van der Waals surface area contributed by atoms with E-state index in [1.807, 2.05) is 7.05 Å². The van der Waals surface area contributed by atoms with Gasteiger partial charge in [0.2, 0.25) is 5.91 Å². The van der Waals surface area contributed by atoms with Gasteiger partial charge in [0.1, 0.15) is 0 Å². The summed E-state index contributed by atoms with van der Waals surface area (Å²) in [5, 5.41) is 3.23. The fourth-order valence-corrected chi connectivity index (χ4v) is 4.27. The van der Waals surface area contributed by atoms with Crippen molar-refractivity contribution in [2.45, 2.75) is 32.1 Å². The van der Waals surface area contributed by atoms with Gasteiger partial charge in [0.05, 0.1) is 0 Å². The zero-order valence-corrected chi connectivity index (χ0v) is 10.8. The van der Waals surface area contributed by atoms with Gasteiger partial charge in [-0.3, -0.25) is 4.79 Å². The molecule has 3 fully saturated rings. The van der Waals surface area contributed by atoms with Crippen LogP contribution in [0.4, 0.5) is 0 Å². The van der Waals surface area contributed by atoms with Gasteiger partial charge in [0.15, 0.2) is 0 Å². The third kappa shape index (κ3) is 2.10. The maximum Gasteiger partial charge on any atom is 0.225 e. The standard InChI is InChI=1S/C14H24N2O/c1-15-8-11-4-5-16(9-11)14(17)13-7-10-2-3-12(13)6-10/h10-13,15H,2-9H2,1H3. The number of hydrogen-bond donors (Lipinski definition) is 1. The fourth-order valence-electron chi connectivity index (χ4n) is 4.27. The maximum absolute atomic E-state index is 12.5. The average Bonchev–Trinajstić information content (AvgIpc) is 3.03. The average molecular weight is 236 g/mol. The van der Waals surface area contributed by atoms with Crippen LogP contribution in [0.1, 0.15) is 32.1 Å². The molecule has 0 aromatic heterocycles. The Balaban J connectivity index is 1.57. The molecule has 2 bridgehead atoms. The third-order valence-electron chi connectivity index (χ3n) is 5.15. The lowest BCUT2D eigenvalue weighted by atomic mass is 9.88. The zero-order valence-electron chi connectivity index (χ0n) is 10.8. The predicted molar refractivity (Wildman–Crippen MR) is 67.6 cm³/mol. The lowest BCUT2D eigenvalue weighted by molar-refractivity contribution is -0.136. The van der Waals surface area contributed by atoms with E-state index in [-0.39, 0.29) is 0 Å². The molecule has 2 saturated carbocycles. The number of nitrogens with one attached hydrogen (secondary N) is 1. The van der Waals surface area contributed by atoms with Gasteiger partial charge in [-0.05, 0) is 57.0 Å². The van der Waals surface area contributed by atoms with Crippen molar-refractivity contribution < 1.29 is 4.79 Å². The highest BCUT2D eigenvalue weighted by atomic mass is 16.2. The van der Waals surface area contributed by atoms with Crippen LogP contribution in [0.2, 0.25) is 0 Å². The number of hydrogen-bond acceptors (Lipinski definition) is 2. The van der Waals surface area contributed by atoms with E-state index in [1.54, 1.807) is 0 Å². The molecule has 0 aromatic rings. The van der Waals surface area contributed by atoms with E-state index in [2.05, 4.69) is 10.2 Å². The van der Waals surface area contributed by atoms with E-state index >= 15 is 0 Å². The summed E-state index contributed by atoms with van der Waals surface area (Å²) in [4.78, 5) is 14.6. The van der Waals surface area contributed by atoms with Gasteiger partial charge in [-0.25, -0.2) is 0 Å². The van der Waals surface area contributed by atoms with Crippen LogP contribution in [-0.4, -0.2) is 37.5 Å². The maximum atomic E-state index is 12.5. The lowest BCUT2D eigenvalue weighted by Crippen LogP contribution is -2.37. The Kier molecular flexibility index (Phi) is 3.12. The first-order valence-corrected chi connectivity index (χ1v) is 7.21. The molecule has 3 rings (SSSR count). The molecule has 4 unspecified atom stereocenters. The Morgan fingerprint density at radius 2 is 2.18 bits per heavy atom. The Morgan fingerprint density at radius 3 is 2.82 bits per heavy atom. The van der Waals surface area contributed by atoms with Crippen LogP contribution < -0.4 is 5.32 Å². The number of fused-ring (bicyclic) bond motifs is 2. The summed E-state index contributed by atoms with van der Waals surface area (Å²) in [5.41, 5.74) is 0. The first kappa shape index (κ1) is 11.5. The minimum atomic E-state index is 0.391. The fraction of sp³-hybridized carbons (Fsp3) is 0.929. The summed E-state index contributed by atoms with van der Waals surface area (Å²) in [5.74, 6) is 3.17. The van der Waals surface area contributed by atoms with Crippen LogP contribution in [0.5, 0.6) is 0 Å². The number of carbonyl (C=O) groups is 1. The summed E-state index contributed by atoms with van der Waals surface area (Å²) in [7, 11) is 2.00. The summed E-state index contributed by atoms with van der Waals surface area (Å²) in [6.07, 6.45) is 6.42. The van der Waals surface area contributed by atoms with Crippen molar-refractivity contribution in [2.75, 3.05) is 26.7 Å². The third-order valence-corrected chi connectivity index (χ3v) is 5.15. The largest absolute Gasteiger partial charge is 0.342 e. The molecule has 1 amide bonds. The Labute approximate surface area is 104 Å². The van der Waals surface area contributed by atoms with E-state index in [9.17, 15) is 4.79 Å². The van der Waals surface area contributed by atoms with Crippen molar-refractivity contribution in [3.8, 4) is 0 Å². The van der Waals surface area contributed by atoms with Gasteiger partial charge >= 0.3 is 0 Å². The van der Waals surface area contributed by atoms with Crippen LogP contribution in [0, 0.1) is 23.7 Å². The molecule has 4 atom stereocenters. The van der Waals surface area contributed by atoms with E-state index in [4.69, 9.17) is 0 Å². The van der Waals surface area contributed by atoms with Gasteiger partial charge in [0.25, 0.3) is 0 Å². The Hall–Kier alpha value is -0.570. The molecular formula is C14H24N2O. The van der Waals surface area contributed by atoms with Crippen molar-refractivity contribution in [2.24, 2.45) is 23.7 Å². The van der Waals surface area contributed by atoms with Crippen molar-refractivity contribution in [1.29, 1.82) is 0 Å². The van der Waals surface area contributed by atoms with Gasteiger partial charge in [-0.15, -0.1) is 0 Å². The van der Waals surface area contributed by atoms with Gasteiger partial charge in [0, 0.05) is 19.0 Å². The summed E-state index contributed by atoms with van der Waals surface area (Å²) in [6.45, 7) is 3.05. The molecule has 0 aromatic carbocycles. The van der Waals surface area contributed by atoms with Gasteiger partial charge in [-0.2, -0.15) is 0 Å². The molecular weight excluding hydrogens is 212 g/mol. The predicted octanol–water partition coefficient (Wildman–Crippen LogP) is 1.49. The Morgan fingerprint density at radius 1 is 1.29 bits per heavy atom. The first-order chi connectivity index (χ1) is 8.28. The van der Waals surface area contributed by atoms with Gasteiger partial charge < -0.3 is 10.2 Å². The number of nitrogens with zero attached hydrogens (tertiary/aromatic N) is 1. The molecule has 3 nitrogen and oxygen atoms in total. The highest BCUT2D eigenvalue weighted by Crippen LogP contribution is 2.49. The minimum absolute atomic E-state index is 0.391. The normalized spacial score (nSPS) is 40.2. The second-order valence-electron chi connectivity index (χ2n) is 6.28. The smallest absolute Gasteiger partial charge is 0.225 e. The molecule has 3 aliphatic rings. The molecule has 2 aliphatic carbocycles. The number of likely N-dealkylation sites (tertiary alicyclic amines) is 1. The quantitative estimate of drug-likeness (QED) is 0.805. The van der Waals surface area contributed by atoms with Crippen LogP contribution in [0.15, 0.2) is 0 Å². The molecule has 0 radical (unpaired) electrons. The Bertz CT molecular complexity index is 305. The van der Waals surface area contributed by atoms with Crippen molar-refractivity contribution in [3.63, 3.8) is 0 Å². The molecule has 1 aliphatic heterocycles. The SMILES string of the molecule is CNCC1CCN(C(=O)C2CC3CCC2C3)C1. The van der Waals surface area contributed by atoms with E-state index in [0.717, 1.165) is 31.5 Å². The molecule has 96 valence electrons. The number of amides is 1. The van der Waals surface area contributed by atoms with E-state index < -0.39 is 0 Å². The highest BCUT2D eigenvalue weighted by molar-refractivity contribution is 5.80. The highest BCUT2D eigenvalue weighted by Gasteiger charge is 2.45. The van der Waals surface area contributed by atoms with E-state index in [0.29, 0.717) is 17.7 Å². The van der Waals surface area contributed by atoms with Crippen molar-refractivity contribution >= 4 is 5.91 Å². The monoisotopic (exact) mass is 236 g/mol. The molecule has 1 heterocycles. The minimum Gasteiger partial charge on any atom is -0.342 e. The molecule has 17 heavy (non-hydrogen) atoms. The molecule has 3 heteroatoms. The topological polar surface area (TPSA) is 32.3 Å². The van der Waals surface area contributed by atoms with Crippen LogP contribution >= 0.6 is 0 Å². The van der Waals surface area contributed by atoms with E-state index in [1.165, 1.54) is 32.1 Å². The second kappa shape index (κ2) is 4.60. The lowest BCUT2D eigenvalue weighted by Gasteiger charge is -2.26. The summed E-state index contributed by atoms with van der Waals surface area (Å²) in [6, 6.07) is 0. The van der Waals surface area contributed by atoms with Gasteiger partial charge in [-0.1, -0.05) is 6.42 Å². The first-order valence-electron chi connectivity index (χ1n) is 7.21. The van der Waals surface area contributed by atoms with Crippen LogP contribution in [0.3, 0.4) is 0 Å².